The highest BCUT2D eigenvalue weighted by molar-refractivity contribution is 6.33. The lowest BCUT2D eigenvalue weighted by atomic mass is 10.2. The van der Waals surface area contributed by atoms with Crippen LogP contribution in [-0.2, 0) is 0 Å². The van der Waals surface area contributed by atoms with Crippen LogP contribution in [0, 0.1) is 5.82 Å². The Kier molecular flexibility index (Phi) is 5.85. The van der Waals surface area contributed by atoms with Gasteiger partial charge in [-0.2, -0.15) is 0 Å². The highest BCUT2D eigenvalue weighted by Gasteiger charge is 2.19. The molecule has 18 heavy (non-hydrogen) atoms. The summed E-state index contributed by atoms with van der Waals surface area (Å²) in [6.45, 7) is 3.07. The van der Waals surface area contributed by atoms with Gasteiger partial charge in [0.05, 0.1) is 10.6 Å². The highest BCUT2D eigenvalue weighted by Crippen LogP contribution is 2.19. The van der Waals surface area contributed by atoms with E-state index in [0.29, 0.717) is 18.7 Å². The Morgan fingerprint density at radius 1 is 1.33 bits per heavy atom. The van der Waals surface area contributed by atoms with Gasteiger partial charge in [0.25, 0.3) is 5.91 Å². The van der Waals surface area contributed by atoms with Crippen molar-refractivity contribution in [2.24, 2.45) is 0 Å². The second-order valence-electron chi connectivity index (χ2n) is 4.02. The van der Waals surface area contributed by atoms with E-state index < -0.39 is 5.82 Å². The first kappa shape index (κ1) is 15.2. The molecule has 1 amide bonds. The Morgan fingerprint density at radius 2 is 2.11 bits per heavy atom. The molecule has 0 aromatic heterocycles. The maximum Gasteiger partial charge on any atom is 0.255 e. The molecular weight excluding hydrogens is 278 g/mol. The number of carbonyl (C=O) groups is 1. The van der Waals surface area contributed by atoms with Gasteiger partial charge in [-0.1, -0.05) is 11.6 Å². The summed E-state index contributed by atoms with van der Waals surface area (Å²) in [6.07, 6.45) is 0.921. The lowest BCUT2D eigenvalue weighted by Crippen LogP contribution is -2.34. The summed E-state index contributed by atoms with van der Waals surface area (Å²) in [5, 5.41) is 3.39. The molecule has 6 heteroatoms. The third kappa shape index (κ3) is 3.57. The van der Waals surface area contributed by atoms with Gasteiger partial charge >= 0.3 is 0 Å². The predicted octanol–water partition coefficient (Wildman–Crippen LogP) is 2.34. The number of rotatable bonds is 1. The van der Waals surface area contributed by atoms with Gasteiger partial charge in [-0.05, 0) is 31.2 Å². The first-order valence-electron chi connectivity index (χ1n) is 5.63. The summed E-state index contributed by atoms with van der Waals surface area (Å²) in [4.78, 5) is 13.9. The largest absolute Gasteiger partial charge is 0.337 e. The minimum atomic E-state index is -0.427. The fraction of sp³-hybridized carbons (Fsp3) is 0.417. The Morgan fingerprint density at radius 3 is 2.83 bits per heavy atom. The van der Waals surface area contributed by atoms with Crippen LogP contribution >= 0.6 is 24.0 Å². The summed E-state index contributed by atoms with van der Waals surface area (Å²) in [7, 11) is 0. The second kappa shape index (κ2) is 6.92. The van der Waals surface area contributed by atoms with Crippen molar-refractivity contribution in [3.8, 4) is 0 Å². The van der Waals surface area contributed by atoms with E-state index >= 15 is 0 Å². The van der Waals surface area contributed by atoms with Gasteiger partial charge in [0.2, 0.25) is 0 Å². The van der Waals surface area contributed by atoms with Crippen molar-refractivity contribution in [1.29, 1.82) is 0 Å². The standard InChI is InChI=1S/C12H14ClFN2O.ClH/c13-11-8-9(14)2-3-10(11)12(17)16-6-1-4-15-5-7-16;/h2-3,8,15H,1,4-7H2;1H. The van der Waals surface area contributed by atoms with Gasteiger partial charge in [-0.15, -0.1) is 12.4 Å². The molecule has 3 nitrogen and oxygen atoms in total. The lowest BCUT2D eigenvalue weighted by molar-refractivity contribution is 0.0766. The van der Waals surface area contributed by atoms with E-state index in [-0.39, 0.29) is 23.3 Å². The molecule has 0 aliphatic carbocycles. The number of hydrogen-bond acceptors (Lipinski definition) is 2. The van der Waals surface area contributed by atoms with E-state index in [4.69, 9.17) is 11.6 Å². The molecule has 1 saturated heterocycles. The molecule has 1 aromatic carbocycles. The van der Waals surface area contributed by atoms with Crippen molar-refractivity contribution in [2.75, 3.05) is 26.2 Å². The molecule has 100 valence electrons. The fourth-order valence-electron chi connectivity index (χ4n) is 1.88. The predicted molar refractivity (Wildman–Crippen MR) is 72.0 cm³/mol. The quantitative estimate of drug-likeness (QED) is 0.862. The minimum absolute atomic E-state index is 0. The third-order valence-electron chi connectivity index (χ3n) is 2.79. The number of halogens is 3. The van der Waals surface area contributed by atoms with Crippen molar-refractivity contribution < 1.29 is 9.18 Å². The summed E-state index contributed by atoms with van der Waals surface area (Å²) >= 11 is 5.88. The number of carbonyl (C=O) groups excluding carboxylic acids is 1. The number of nitrogens with zero attached hydrogens (tertiary/aromatic N) is 1. The highest BCUT2D eigenvalue weighted by atomic mass is 35.5. The van der Waals surface area contributed by atoms with Gasteiger partial charge in [0.1, 0.15) is 5.82 Å². The number of benzene rings is 1. The van der Waals surface area contributed by atoms with Crippen molar-refractivity contribution in [3.63, 3.8) is 0 Å². The van der Waals surface area contributed by atoms with E-state index in [2.05, 4.69) is 5.32 Å². The minimum Gasteiger partial charge on any atom is -0.337 e. The molecule has 2 rings (SSSR count). The molecule has 0 saturated carbocycles. The van der Waals surface area contributed by atoms with E-state index in [1.54, 1.807) is 4.90 Å². The zero-order chi connectivity index (χ0) is 12.3. The van der Waals surface area contributed by atoms with Crippen LogP contribution in [0.3, 0.4) is 0 Å². The molecule has 1 heterocycles. The van der Waals surface area contributed by atoms with Crippen molar-refractivity contribution in [1.82, 2.24) is 10.2 Å². The van der Waals surface area contributed by atoms with Crippen LogP contribution in [0.2, 0.25) is 5.02 Å². The summed E-state index contributed by atoms with van der Waals surface area (Å²) < 4.78 is 12.9. The summed E-state index contributed by atoms with van der Waals surface area (Å²) in [6, 6.07) is 3.87. The van der Waals surface area contributed by atoms with Crippen LogP contribution in [-0.4, -0.2) is 37.0 Å². The van der Waals surface area contributed by atoms with Crippen LogP contribution < -0.4 is 5.32 Å². The van der Waals surface area contributed by atoms with Crippen LogP contribution in [0.25, 0.3) is 0 Å². The van der Waals surface area contributed by atoms with E-state index in [9.17, 15) is 9.18 Å². The average Bonchev–Trinajstić information content (AvgIpc) is 2.56. The van der Waals surface area contributed by atoms with Gasteiger partial charge < -0.3 is 10.2 Å². The smallest absolute Gasteiger partial charge is 0.255 e. The van der Waals surface area contributed by atoms with Gasteiger partial charge in [-0.3, -0.25) is 4.79 Å². The van der Waals surface area contributed by atoms with Gasteiger partial charge in [0, 0.05) is 19.6 Å². The molecule has 1 aromatic rings. The third-order valence-corrected chi connectivity index (χ3v) is 3.10. The summed E-state index contributed by atoms with van der Waals surface area (Å²) in [5.74, 6) is -0.553. The normalized spacial score (nSPS) is 15.8. The molecular formula is C12H15Cl2FN2O. The first-order valence-corrected chi connectivity index (χ1v) is 6.01. The molecule has 0 bridgehead atoms. The maximum atomic E-state index is 12.9. The second-order valence-corrected chi connectivity index (χ2v) is 4.43. The Balaban J connectivity index is 0.00000162. The topological polar surface area (TPSA) is 32.3 Å². The Hall–Kier alpha value is -0.840. The molecule has 0 radical (unpaired) electrons. The number of nitrogens with one attached hydrogen (secondary N) is 1. The summed E-state index contributed by atoms with van der Waals surface area (Å²) in [5.41, 5.74) is 0.370. The zero-order valence-corrected chi connectivity index (χ0v) is 11.4. The molecule has 1 fully saturated rings. The Bertz CT molecular complexity index is 421. The zero-order valence-electron chi connectivity index (χ0n) is 9.79. The van der Waals surface area contributed by atoms with E-state index in [0.717, 1.165) is 19.5 Å². The van der Waals surface area contributed by atoms with E-state index in [1.807, 2.05) is 0 Å². The SMILES string of the molecule is Cl.O=C(c1ccc(F)cc1Cl)N1CCCNCC1. The monoisotopic (exact) mass is 292 g/mol. The average molecular weight is 293 g/mol. The molecule has 0 atom stereocenters. The van der Waals surface area contributed by atoms with Crippen molar-refractivity contribution >= 4 is 29.9 Å². The van der Waals surface area contributed by atoms with Crippen molar-refractivity contribution in [3.05, 3.63) is 34.6 Å². The molecule has 1 N–H and O–H groups in total. The molecule has 1 aliphatic heterocycles. The Labute approximate surface area is 117 Å². The van der Waals surface area contributed by atoms with Crippen molar-refractivity contribution in [2.45, 2.75) is 6.42 Å². The number of amides is 1. The van der Waals surface area contributed by atoms with Gasteiger partial charge in [0.15, 0.2) is 0 Å². The van der Waals surface area contributed by atoms with Crippen LogP contribution in [0.15, 0.2) is 18.2 Å². The van der Waals surface area contributed by atoms with Crippen LogP contribution in [0.1, 0.15) is 16.8 Å². The lowest BCUT2D eigenvalue weighted by Gasteiger charge is -2.20. The fourth-order valence-corrected chi connectivity index (χ4v) is 2.13. The first-order chi connectivity index (χ1) is 8.18. The molecule has 1 aliphatic rings. The van der Waals surface area contributed by atoms with Crippen LogP contribution in [0.4, 0.5) is 4.39 Å². The van der Waals surface area contributed by atoms with Gasteiger partial charge in [-0.25, -0.2) is 4.39 Å². The molecule has 0 unspecified atom stereocenters. The maximum absolute atomic E-state index is 12.9. The van der Waals surface area contributed by atoms with Crippen LogP contribution in [0.5, 0.6) is 0 Å². The molecule has 0 spiro atoms. The van der Waals surface area contributed by atoms with E-state index in [1.165, 1.54) is 18.2 Å². The number of hydrogen-bond donors (Lipinski definition) is 1.